The van der Waals surface area contributed by atoms with E-state index in [2.05, 4.69) is 13.2 Å². The Balaban J connectivity index is 2.64. The summed E-state index contributed by atoms with van der Waals surface area (Å²) in [5.41, 5.74) is 0.666. The van der Waals surface area contributed by atoms with E-state index in [0.717, 1.165) is 0 Å². The average Bonchev–Trinajstić information content (AvgIpc) is 2.68. The molecular formula is C20H22N2O5. The van der Waals surface area contributed by atoms with E-state index in [9.17, 15) is 9.59 Å². The Labute approximate surface area is 158 Å². The lowest BCUT2D eigenvalue weighted by molar-refractivity contribution is -0.147. The molecule has 0 unspecified atom stereocenters. The van der Waals surface area contributed by atoms with Gasteiger partial charge in [-0.3, -0.25) is 4.79 Å². The van der Waals surface area contributed by atoms with Crippen LogP contribution in [0.3, 0.4) is 0 Å². The van der Waals surface area contributed by atoms with Crippen LogP contribution < -0.4 is 9.47 Å². The van der Waals surface area contributed by atoms with Gasteiger partial charge in [-0.2, -0.15) is 5.26 Å². The number of carbonyl (C=O) groups is 2. The van der Waals surface area contributed by atoms with Gasteiger partial charge in [0, 0.05) is 19.2 Å². The van der Waals surface area contributed by atoms with Crippen LogP contribution >= 0.6 is 0 Å². The Hall–Kier alpha value is -3.53. The van der Waals surface area contributed by atoms with Crippen molar-refractivity contribution in [2.24, 2.45) is 0 Å². The monoisotopic (exact) mass is 370 g/mol. The molecule has 7 heteroatoms. The summed E-state index contributed by atoms with van der Waals surface area (Å²) in [4.78, 5) is 25.3. The smallest absolute Gasteiger partial charge is 0.331 e. The van der Waals surface area contributed by atoms with Crippen molar-refractivity contribution < 1.29 is 23.8 Å². The van der Waals surface area contributed by atoms with Gasteiger partial charge in [0.25, 0.3) is 5.91 Å². The van der Waals surface area contributed by atoms with Crippen LogP contribution in [0.1, 0.15) is 5.56 Å². The van der Waals surface area contributed by atoms with Crippen molar-refractivity contribution in [2.75, 3.05) is 33.4 Å². The van der Waals surface area contributed by atoms with E-state index >= 15 is 0 Å². The van der Waals surface area contributed by atoms with Gasteiger partial charge in [-0.15, -0.1) is 13.2 Å². The fourth-order valence-corrected chi connectivity index (χ4v) is 2.04. The van der Waals surface area contributed by atoms with E-state index in [1.54, 1.807) is 30.4 Å². The molecule has 7 nitrogen and oxygen atoms in total. The predicted molar refractivity (Wildman–Crippen MR) is 101 cm³/mol. The molecule has 1 rings (SSSR count). The van der Waals surface area contributed by atoms with Crippen LogP contribution in [0.4, 0.5) is 0 Å². The highest BCUT2D eigenvalue weighted by atomic mass is 16.5. The second kappa shape index (κ2) is 11.9. The summed E-state index contributed by atoms with van der Waals surface area (Å²) >= 11 is 0. The number of esters is 1. The maximum Gasteiger partial charge on any atom is 0.331 e. The Morgan fingerprint density at radius 2 is 1.93 bits per heavy atom. The zero-order valence-electron chi connectivity index (χ0n) is 15.2. The van der Waals surface area contributed by atoms with E-state index in [0.29, 0.717) is 30.2 Å². The minimum atomic E-state index is -0.649. The van der Waals surface area contributed by atoms with Gasteiger partial charge in [0.15, 0.2) is 24.7 Å². The maximum atomic E-state index is 12.0. The number of hydrogen-bond acceptors (Lipinski definition) is 6. The predicted octanol–water partition coefficient (Wildman–Crippen LogP) is 2.35. The minimum absolute atomic E-state index is 0.0966. The fourth-order valence-electron chi connectivity index (χ4n) is 2.04. The third kappa shape index (κ3) is 7.48. The topological polar surface area (TPSA) is 88.9 Å². The van der Waals surface area contributed by atoms with Gasteiger partial charge in [0.05, 0.1) is 7.11 Å². The maximum absolute atomic E-state index is 12.0. The first-order chi connectivity index (χ1) is 13.0. The number of hydrogen-bond donors (Lipinski definition) is 0. The largest absolute Gasteiger partial charge is 0.493 e. The van der Waals surface area contributed by atoms with Crippen molar-refractivity contribution in [3.8, 4) is 17.6 Å². The lowest BCUT2D eigenvalue weighted by Gasteiger charge is -2.18. The number of amides is 1. The molecule has 142 valence electrons. The van der Waals surface area contributed by atoms with Gasteiger partial charge in [-0.05, 0) is 23.8 Å². The molecule has 0 N–H and O–H groups in total. The first-order valence-electron chi connectivity index (χ1n) is 8.07. The lowest BCUT2D eigenvalue weighted by Crippen LogP contribution is -2.34. The van der Waals surface area contributed by atoms with Gasteiger partial charge >= 0.3 is 5.97 Å². The van der Waals surface area contributed by atoms with Crippen LogP contribution in [0.25, 0.3) is 6.08 Å². The van der Waals surface area contributed by atoms with E-state index in [1.807, 2.05) is 6.07 Å². The number of rotatable bonds is 11. The van der Waals surface area contributed by atoms with Crippen molar-refractivity contribution in [3.05, 3.63) is 55.1 Å². The zero-order valence-corrected chi connectivity index (χ0v) is 15.2. The third-order valence-corrected chi connectivity index (χ3v) is 3.28. The molecule has 1 aromatic carbocycles. The number of carbonyl (C=O) groups excluding carboxylic acids is 2. The van der Waals surface area contributed by atoms with E-state index < -0.39 is 5.97 Å². The van der Waals surface area contributed by atoms with Crippen molar-refractivity contribution in [1.29, 1.82) is 5.26 Å². The van der Waals surface area contributed by atoms with Crippen LogP contribution in [0.5, 0.6) is 11.5 Å². The second-order valence-electron chi connectivity index (χ2n) is 5.17. The van der Waals surface area contributed by atoms with Crippen LogP contribution in [-0.4, -0.2) is 50.2 Å². The average molecular weight is 370 g/mol. The normalized spacial score (nSPS) is 9.93. The number of benzene rings is 1. The van der Waals surface area contributed by atoms with Crippen molar-refractivity contribution in [2.45, 2.75) is 0 Å². The summed E-state index contributed by atoms with van der Waals surface area (Å²) in [7, 11) is 1.47. The van der Waals surface area contributed by atoms with E-state index in [1.165, 1.54) is 24.2 Å². The summed E-state index contributed by atoms with van der Waals surface area (Å²) in [5, 5.41) is 8.56. The number of ether oxygens (including phenoxy) is 3. The summed E-state index contributed by atoms with van der Waals surface area (Å²) in [6.07, 6.45) is 5.90. The Morgan fingerprint density at radius 1 is 1.22 bits per heavy atom. The van der Waals surface area contributed by atoms with Gasteiger partial charge in [-0.25, -0.2) is 4.79 Å². The molecule has 1 amide bonds. The van der Waals surface area contributed by atoms with Gasteiger partial charge in [0.2, 0.25) is 0 Å². The van der Waals surface area contributed by atoms with Crippen LogP contribution in [0.15, 0.2) is 49.6 Å². The molecule has 0 bridgehead atoms. The highest BCUT2D eigenvalue weighted by Crippen LogP contribution is 2.28. The van der Waals surface area contributed by atoms with Crippen LogP contribution in [0.2, 0.25) is 0 Å². The summed E-state index contributed by atoms with van der Waals surface area (Å²) < 4.78 is 15.4. The van der Waals surface area contributed by atoms with Gasteiger partial charge < -0.3 is 19.1 Å². The molecule has 0 saturated carbocycles. The minimum Gasteiger partial charge on any atom is -0.493 e. The molecule has 0 spiro atoms. The first-order valence-corrected chi connectivity index (χ1v) is 8.07. The Morgan fingerprint density at radius 3 is 2.52 bits per heavy atom. The molecule has 0 fully saturated rings. The quantitative estimate of drug-likeness (QED) is 0.337. The van der Waals surface area contributed by atoms with Crippen molar-refractivity contribution >= 4 is 18.0 Å². The van der Waals surface area contributed by atoms with E-state index in [-0.39, 0.29) is 19.1 Å². The van der Waals surface area contributed by atoms with Crippen LogP contribution in [-0.2, 0) is 14.3 Å². The molecule has 0 aromatic heterocycles. The van der Waals surface area contributed by atoms with E-state index in [4.69, 9.17) is 19.5 Å². The summed E-state index contributed by atoms with van der Waals surface area (Å²) in [5.74, 6) is -0.129. The Bertz CT molecular complexity index is 739. The first kappa shape index (κ1) is 21.5. The SMILES string of the molecule is C=CCN(CC=C)C(=O)COC(=O)/C=C/c1ccc(OCC#N)c(OC)c1. The van der Waals surface area contributed by atoms with Crippen LogP contribution in [0, 0.1) is 11.3 Å². The van der Waals surface area contributed by atoms with Crippen molar-refractivity contribution in [3.63, 3.8) is 0 Å². The molecule has 0 aliphatic heterocycles. The summed E-state index contributed by atoms with van der Waals surface area (Å²) in [6.45, 7) is 7.38. The Kier molecular flexibility index (Phi) is 9.50. The molecular weight excluding hydrogens is 348 g/mol. The molecule has 0 saturated heterocycles. The lowest BCUT2D eigenvalue weighted by atomic mass is 10.2. The number of nitriles is 1. The molecule has 0 aliphatic rings. The zero-order chi connectivity index (χ0) is 20.1. The second-order valence-corrected chi connectivity index (χ2v) is 5.17. The number of nitrogens with zero attached hydrogens (tertiary/aromatic N) is 2. The molecule has 1 aromatic rings. The third-order valence-electron chi connectivity index (χ3n) is 3.28. The van der Waals surface area contributed by atoms with Crippen molar-refractivity contribution in [1.82, 2.24) is 4.90 Å². The molecule has 0 radical (unpaired) electrons. The highest BCUT2D eigenvalue weighted by Gasteiger charge is 2.12. The standard InChI is InChI=1S/C20H22N2O5/c1-4-11-22(12-5-2)19(23)15-27-20(24)9-7-16-6-8-17(26-13-10-21)18(14-16)25-3/h4-9,14H,1-2,11-13,15H2,3H3/b9-7+. The summed E-state index contributed by atoms with van der Waals surface area (Å²) in [6, 6.07) is 6.85. The highest BCUT2D eigenvalue weighted by molar-refractivity contribution is 5.89. The van der Waals surface area contributed by atoms with Gasteiger partial charge in [0.1, 0.15) is 6.07 Å². The molecule has 27 heavy (non-hydrogen) atoms. The van der Waals surface area contributed by atoms with Gasteiger partial charge in [-0.1, -0.05) is 18.2 Å². The molecule has 0 atom stereocenters. The fraction of sp³-hybridized carbons (Fsp3) is 0.250. The number of methoxy groups -OCH3 is 1. The molecule has 0 heterocycles. The molecule has 0 aliphatic carbocycles.